The van der Waals surface area contributed by atoms with Gasteiger partial charge in [0, 0.05) is 29.4 Å². The Morgan fingerprint density at radius 3 is 2.21 bits per heavy atom. The maximum Gasteiger partial charge on any atom is 0.422 e. The maximum absolute atomic E-state index is 12.9. The Hall–Kier alpha value is -5.97. The molecule has 4 aromatic rings. The van der Waals surface area contributed by atoms with Crippen LogP contribution in [-0.2, 0) is 19.9 Å². The van der Waals surface area contributed by atoms with E-state index in [0.717, 1.165) is 17.5 Å². The standard InChI is InChI=1S/C38H38ClF3N8O6/c1-21-2-4-22(5-3-21)28-18-24(28)19-44-32(53)31(52)43-17-14-29(33(54)55)46-30(51)23-6-12-27(13-7-23)45-34-47-35(49-36(48-34)56-20-38(40,41)42)50-37(15-16-37)25-8-10-26(39)11-9-25/h2-13,24,28-29H,14-20H2,1H3,(H,43,52)(H,44,53)(H,46,51)(H,54,55)(H2,45,47,48,49,50)/t24?,28?,29-/m0/s1. The van der Waals surface area contributed by atoms with Crippen molar-refractivity contribution in [2.24, 2.45) is 5.92 Å². The van der Waals surface area contributed by atoms with Gasteiger partial charge in [-0.25, -0.2) is 4.79 Å². The fraction of sp³-hybridized carbons (Fsp3) is 0.342. The zero-order valence-corrected chi connectivity index (χ0v) is 30.7. The average Bonchev–Trinajstić information content (AvgIpc) is 4.10. The highest BCUT2D eigenvalue weighted by Crippen LogP contribution is 2.48. The molecule has 294 valence electrons. The second kappa shape index (κ2) is 16.8. The third kappa shape index (κ3) is 10.8. The van der Waals surface area contributed by atoms with Crippen molar-refractivity contribution < 1.29 is 42.2 Å². The summed E-state index contributed by atoms with van der Waals surface area (Å²) in [6, 6.07) is 19.0. The number of aromatic nitrogens is 3. The lowest BCUT2D eigenvalue weighted by molar-refractivity contribution is -0.154. The van der Waals surface area contributed by atoms with Crippen molar-refractivity contribution in [3.05, 3.63) is 100 Å². The minimum absolute atomic E-state index is 0.0371. The number of carbonyl (C=O) groups is 4. The quantitative estimate of drug-likeness (QED) is 0.0813. The number of ether oxygens (including phenoxy) is 1. The third-order valence-electron chi connectivity index (χ3n) is 9.36. The van der Waals surface area contributed by atoms with E-state index in [0.29, 0.717) is 36.0 Å². The number of nitrogens with one attached hydrogen (secondary N) is 5. The Morgan fingerprint density at radius 1 is 0.911 bits per heavy atom. The van der Waals surface area contributed by atoms with Crippen LogP contribution >= 0.6 is 11.6 Å². The van der Waals surface area contributed by atoms with E-state index in [2.05, 4.69) is 53.7 Å². The first-order valence-corrected chi connectivity index (χ1v) is 18.1. The van der Waals surface area contributed by atoms with E-state index in [1.54, 1.807) is 12.1 Å². The van der Waals surface area contributed by atoms with Crippen LogP contribution in [0, 0.1) is 12.8 Å². The number of rotatable bonds is 16. The Balaban J connectivity index is 1.00. The molecule has 56 heavy (non-hydrogen) atoms. The molecule has 2 saturated carbocycles. The smallest absolute Gasteiger partial charge is 0.422 e. The summed E-state index contributed by atoms with van der Waals surface area (Å²) in [7, 11) is 0. The van der Waals surface area contributed by atoms with E-state index in [9.17, 15) is 37.5 Å². The number of aliphatic carboxylic acids is 1. The molecule has 1 heterocycles. The third-order valence-corrected chi connectivity index (χ3v) is 9.61. The Morgan fingerprint density at radius 2 is 1.57 bits per heavy atom. The van der Waals surface area contributed by atoms with Gasteiger partial charge in [0.05, 0.1) is 5.54 Å². The van der Waals surface area contributed by atoms with Gasteiger partial charge in [-0.15, -0.1) is 0 Å². The number of anilines is 3. The molecular formula is C38H38ClF3N8O6. The number of carboxylic acids is 1. The van der Waals surface area contributed by atoms with Gasteiger partial charge in [0.25, 0.3) is 5.91 Å². The number of alkyl halides is 3. The molecule has 3 atom stereocenters. The van der Waals surface area contributed by atoms with Gasteiger partial charge in [-0.2, -0.15) is 28.1 Å². The number of hydrogen-bond acceptors (Lipinski definition) is 10. The topological polar surface area (TPSA) is 197 Å². The van der Waals surface area contributed by atoms with E-state index in [1.165, 1.54) is 29.8 Å². The fourth-order valence-electron chi connectivity index (χ4n) is 6.02. The van der Waals surface area contributed by atoms with Crippen LogP contribution in [0.4, 0.5) is 30.8 Å². The molecule has 0 saturated heterocycles. The van der Waals surface area contributed by atoms with E-state index in [4.69, 9.17) is 16.3 Å². The number of carbonyl (C=O) groups excluding carboxylic acids is 3. The van der Waals surface area contributed by atoms with Crippen molar-refractivity contribution in [2.75, 3.05) is 30.3 Å². The lowest BCUT2D eigenvalue weighted by Crippen LogP contribution is -2.45. The SMILES string of the molecule is Cc1ccc(C2CC2CNC(=O)C(=O)NCC[C@H](NC(=O)c2ccc(Nc3nc(NC4(c5ccc(Cl)cc5)CC4)nc(OCC(F)(F)F)n3)cc2)C(=O)O)cc1. The first-order chi connectivity index (χ1) is 26.7. The first-order valence-electron chi connectivity index (χ1n) is 17.7. The number of benzene rings is 3. The lowest BCUT2D eigenvalue weighted by atomic mass is 10.1. The first kappa shape index (κ1) is 39.7. The lowest BCUT2D eigenvalue weighted by Gasteiger charge is -2.19. The molecule has 0 radical (unpaired) electrons. The predicted octanol–water partition coefficient (Wildman–Crippen LogP) is 5.23. The second-order valence-electron chi connectivity index (χ2n) is 13.7. The summed E-state index contributed by atoms with van der Waals surface area (Å²) < 4.78 is 43.7. The summed E-state index contributed by atoms with van der Waals surface area (Å²) in [6.45, 7) is 0.520. The van der Waals surface area contributed by atoms with Crippen molar-refractivity contribution in [3.8, 4) is 6.01 Å². The van der Waals surface area contributed by atoms with Crippen molar-refractivity contribution >= 4 is 52.9 Å². The predicted molar refractivity (Wildman–Crippen MR) is 199 cm³/mol. The highest BCUT2D eigenvalue weighted by atomic mass is 35.5. The number of halogens is 4. The average molecular weight is 795 g/mol. The number of nitrogens with zero attached hydrogens (tertiary/aromatic N) is 3. The van der Waals surface area contributed by atoms with Gasteiger partial charge in [-0.05, 0) is 92.0 Å². The van der Waals surface area contributed by atoms with Gasteiger partial charge in [0.2, 0.25) is 11.9 Å². The molecule has 2 aliphatic rings. The molecule has 1 aromatic heterocycles. The van der Waals surface area contributed by atoms with Crippen molar-refractivity contribution in [3.63, 3.8) is 0 Å². The van der Waals surface area contributed by atoms with E-state index >= 15 is 0 Å². The van der Waals surface area contributed by atoms with E-state index < -0.39 is 54.1 Å². The molecule has 18 heteroatoms. The highest BCUT2D eigenvalue weighted by molar-refractivity contribution is 6.35. The van der Waals surface area contributed by atoms with Crippen LogP contribution in [0.5, 0.6) is 6.01 Å². The number of hydrogen-bond donors (Lipinski definition) is 6. The van der Waals surface area contributed by atoms with Crippen molar-refractivity contribution in [1.29, 1.82) is 0 Å². The molecule has 6 rings (SSSR count). The van der Waals surface area contributed by atoms with Crippen molar-refractivity contribution in [1.82, 2.24) is 30.9 Å². The minimum Gasteiger partial charge on any atom is -0.480 e. The summed E-state index contributed by atoms with van der Waals surface area (Å²) in [5.74, 6) is -3.46. The molecule has 14 nitrogen and oxygen atoms in total. The largest absolute Gasteiger partial charge is 0.480 e. The summed E-state index contributed by atoms with van der Waals surface area (Å²) >= 11 is 6.02. The maximum atomic E-state index is 12.9. The molecule has 2 fully saturated rings. The number of amides is 3. The van der Waals surface area contributed by atoms with Crippen LogP contribution in [0.2, 0.25) is 5.02 Å². The summed E-state index contributed by atoms with van der Waals surface area (Å²) in [6.07, 6.45) is -2.53. The van der Waals surface area contributed by atoms with Crippen LogP contribution in [-0.4, -0.2) is 75.7 Å². The van der Waals surface area contributed by atoms with E-state index in [-0.39, 0.29) is 36.3 Å². The van der Waals surface area contributed by atoms with Crippen molar-refractivity contribution in [2.45, 2.75) is 56.3 Å². The van der Waals surface area contributed by atoms with Gasteiger partial charge in [-0.3, -0.25) is 14.4 Å². The normalized spacial score (nSPS) is 17.2. The van der Waals surface area contributed by atoms with Crippen LogP contribution in [0.3, 0.4) is 0 Å². The van der Waals surface area contributed by atoms with Crippen LogP contribution in [0.1, 0.15) is 58.6 Å². The number of carboxylic acid groups (broad SMARTS) is 1. The molecule has 3 amide bonds. The van der Waals surface area contributed by atoms with Gasteiger partial charge < -0.3 is 36.4 Å². The molecule has 0 bridgehead atoms. The number of aryl methyl sites for hydroxylation is 1. The van der Waals surface area contributed by atoms with Crippen LogP contribution < -0.4 is 31.3 Å². The van der Waals surface area contributed by atoms with Gasteiger partial charge >= 0.3 is 30.0 Å². The summed E-state index contributed by atoms with van der Waals surface area (Å²) in [5, 5.41) is 23.7. The zero-order valence-electron chi connectivity index (χ0n) is 30.0. The zero-order chi connectivity index (χ0) is 40.0. The van der Waals surface area contributed by atoms with Crippen LogP contribution in [0.25, 0.3) is 0 Å². The molecular weight excluding hydrogens is 757 g/mol. The fourth-order valence-corrected chi connectivity index (χ4v) is 6.14. The highest BCUT2D eigenvalue weighted by Gasteiger charge is 2.45. The van der Waals surface area contributed by atoms with Crippen LogP contribution in [0.15, 0.2) is 72.8 Å². The molecule has 6 N–H and O–H groups in total. The molecule has 0 spiro atoms. The Bertz CT molecular complexity index is 2070. The minimum atomic E-state index is -4.64. The molecule has 0 aliphatic heterocycles. The summed E-state index contributed by atoms with van der Waals surface area (Å²) in [4.78, 5) is 61.8. The van der Waals surface area contributed by atoms with Gasteiger partial charge in [0.1, 0.15) is 6.04 Å². The monoisotopic (exact) mass is 794 g/mol. The Kier molecular flexibility index (Phi) is 11.9. The second-order valence-corrected chi connectivity index (χ2v) is 14.2. The molecule has 3 aromatic carbocycles. The van der Waals surface area contributed by atoms with Gasteiger partial charge in [-0.1, -0.05) is 53.6 Å². The van der Waals surface area contributed by atoms with E-state index in [1.807, 2.05) is 31.2 Å². The molecule has 2 unspecified atom stereocenters. The van der Waals surface area contributed by atoms with Gasteiger partial charge in [0.15, 0.2) is 6.61 Å². The summed E-state index contributed by atoms with van der Waals surface area (Å²) in [5.41, 5.74) is 3.09. The molecule has 2 aliphatic carbocycles. The Labute approximate surface area is 324 Å².